The van der Waals surface area contributed by atoms with E-state index in [4.69, 9.17) is 4.42 Å². The number of aromatic nitrogens is 2. The molecular formula is C23H28N4O5S. The van der Waals surface area contributed by atoms with Crippen LogP contribution in [0.4, 0.5) is 5.82 Å². The number of carbonyl (C=O) groups is 1. The lowest BCUT2D eigenvalue weighted by Gasteiger charge is -2.30. The van der Waals surface area contributed by atoms with Gasteiger partial charge < -0.3 is 9.73 Å². The summed E-state index contributed by atoms with van der Waals surface area (Å²) in [5, 5.41) is 2.81. The molecule has 1 aliphatic rings. The van der Waals surface area contributed by atoms with Crippen LogP contribution in [0.1, 0.15) is 38.3 Å². The van der Waals surface area contributed by atoms with Crippen LogP contribution in [0.5, 0.6) is 0 Å². The SMILES string of the molecule is CCCn1c(=O)oc2cc(S(=O)(=O)N3CCC(CC(=O)Nc4cccc(C)n4)CC3)ccc21. The number of fused-ring (bicyclic) bond motifs is 1. The van der Waals surface area contributed by atoms with Gasteiger partial charge in [-0.05, 0) is 56.4 Å². The number of rotatable bonds is 7. The lowest BCUT2D eigenvalue weighted by Crippen LogP contribution is -2.39. The van der Waals surface area contributed by atoms with Crippen molar-refractivity contribution in [3.63, 3.8) is 0 Å². The molecule has 0 unspecified atom stereocenters. The van der Waals surface area contributed by atoms with Gasteiger partial charge in [-0.15, -0.1) is 0 Å². The Morgan fingerprint density at radius 3 is 2.67 bits per heavy atom. The molecule has 1 aromatic carbocycles. The monoisotopic (exact) mass is 472 g/mol. The summed E-state index contributed by atoms with van der Waals surface area (Å²) in [5.41, 5.74) is 1.69. The highest BCUT2D eigenvalue weighted by Gasteiger charge is 2.31. The summed E-state index contributed by atoms with van der Waals surface area (Å²) in [6.45, 7) is 5.00. The van der Waals surface area contributed by atoms with E-state index in [2.05, 4.69) is 10.3 Å². The zero-order valence-electron chi connectivity index (χ0n) is 18.8. The average molecular weight is 473 g/mol. The standard InChI is InChI=1S/C23H28N4O5S/c1-3-11-27-19-8-7-18(15-20(19)32-23(27)29)33(30,31)26-12-9-17(10-13-26)14-22(28)25-21-6-4-5-16(2)24-21/h4-8,15,17H,3,9-14H2,1-2H3,(H,24,25,28). The Balaban J connectivity index is 1.39. The number of piperidine rings is 1. The Bertz CT molecular complexity index is 1320. The number of nitrogens with one attached hydrogen (secondary N) is 1. The van der Waals surface area contributed by atoms with E-state index < -0.39 is 15.8 Å². The maximum absolute atomic E-state index is 13.2. The molecule has 0 bridgehead atoms. The molecule has 1 aliphatic heterocycles. The molecule has 9 nitrogen and oxygen atoms in total. The third-order valence-corrected chi connectivity index (χ3v) is 7.82. The maximum Gasteiger partial charge on any atom is 0.419 e. The lowest BCUT2D eigenvalue weighted by atomic mass is 9.94. The van der Waals surface area contributed by atoms with Crippen molar-refractivity contribution >= 4 is 32.8 Å². The third-order valence-electron chi connectivity index (χ3n) is 5.93. The van der Waals surface area contributed by atoms with Gasteiger partial charge in [0.25, 0.3) is 0 Å². The van der Waals surface area contributed by atoms with Crippen LogP contribution in [-0.2, 0) is 21.4 Å². The van der Waals surface area contributed by atoms with Crippen molar-refractivity contribution in [2.24, 2.45) is 5.92 Å². The molecule has 2 aromatic heterocycles. The third kappa shape index (κ3) is 5.01. The van der Waals surface area contributed by atoms with Gasteiger partial charge in [-0.3, -0.25) is 9.36 Å². The van der Waals surface area contributed by atoms with Gasteiger partial charge in [0.2, 0.25) is 15.9 Å². The van der Waals surface area contributed by atoms with Crippen molar-refractivity contribution < 1.29 is 17.6 Å². The summed E-state index contributed by atoms with van der Waals surface area (Å²) in [5.74, 6) is 0.0208. The number of hydrogen-bond acceptors (Lipinski definition) is 6. The van der Waals surface area contributed by atoms with Crippen LogP contribution in [0.2, 0.25) is 0 Å². The first kappa shape index (κ1) is 23.2. The van der Waals surface area contributed by atoms with Gasteiger partial charge in [0, 0.05) is 37.8 Å². The quantitative estimate of drug-likeness (QED) is 0.565. The average Bonchev–Trinajstić information content (AvgIpc) is 3.09. The second-order valence-electron chi connectivity index (χ2n) is 8.41. The van der Waals surface area contributed by atoms with Gasteiger partial charge in [0.05, 0.1) is 10.4 Å². The summed E-state index contributed by atoms with van der Waals surface area (Å²) < 4.78 is 34.5. The van der Waals surface area contributed by atoms with E-state index in [1.165, 1.54) is 21.0 Å². The van der Waals surface area contributed by atoms with Crippen molar-refractivity contribution in [2.45, 2.75) is 51.0 Å². The molecular weight excluding hydrogens is 444 g/mol. The fraction of sp³-hybridized carbons (Fsp3) is 0.435. The summed E-state index contributed by atoms with van der Waals surface area (Å²) >= 11 is 0. The van der Waals surface area contributed by atoms with Crippen molar-refractivity contribution in [3.8, 4) is 0 Å². The topological polar surface area (TPSA) is 115 Å². The van der Waals surface area contributed by atoms with Crippen molar-refractivity contribution in [3.05, 3.63) is 52.6 Å². The van der Waals surface area contributed by atoms with Gasteiger partial charge in [-0.1, -0.05) is 13.0 Å². The zero-order valence-corrected chi connectivity index (χ0v) is 19.6. The number of oxazole rings is 1. The highest BCUT2D eigenvalue weighted by molar-refractivity contribution is 7.89. The summed E-state index contributed by atoms with van der Waals surface area (Å²) in [6.07, 6.45) is 2.28. The highest BCUT2D eigenvalue weighted by Crippen LogP contribution is 2.27. The van der Waals surface area contributed by atoms with Gasteiger partial charge >= 0.3 is 5.76 Å². The van der Waals surface area contributed by atoms with E-state index in [1.54, 1.807) is 12.1 Å². The van der Waals surface area contributed by atoms with Crippen LogP contribution < -0.4 is 11.1 Å². The molecule has 0 radical (unpaired) electrons. The number of sulfonamides is 1. The van der Waals surface area contributed by atoms with E-state index in [1.807, 2.05) is 26.0 Å². The van der Waals surface area contributed by atoms with Gasteiger partial charge in [0.1, 0.15) is 5.82 Å². The van der Waals surface area contributed by atoms with Crippen LogP contribution in [0.3, 0.4) is 0 Å². The van der Waals surface area contributed by atoms with E-state index in [9.17, 15) is 18.0 Å². The molecule has 1 N–H and O–H groups in total. The van der Waals surface area contributed by atoms with E-state index in [-0.39, 0.29) is 22.3 Å². The smallest absolute Gasteiger partial charge is 0.408 e. The van der Waals surface area contributed by atoms with Crippen LogP contribution in [0, 0.1) is 12.8 Å². The second-order valence-corrected chi connectivity index (χ2v) is 10.4. The highest BCUT2D eigenvalue weighted by atomic mass is 32.2. The predicted molar refractivity (Wildman–Crippen MR) is 124 cm³/mol. The first-order valence-electron chi connectivity index (χ1n) is 11.1. The van der Waals surface area contributed by atoms with E-state index >= 15 is 0 Å². The molecule has 4 rings (SSSR count). The minimum Gasteiger partial charge on any atom is -0.408 e. The molecule has 0 atom stereocenters. The molecule has 1 amide bonds. The largest absolute Gasteiger partial charge is 0.419 e. The van der Waals surface area contributed by atoms with Crippen molar-refractivity contribution in [2.75, 3.05) is 18.4 Å². The normalized spacial score (nSPS) is 15.7. The minimum absolute atomic E-state index is 0.102. The summed E-state index contributed by atoms with van der Waals surface area (Å²) in [4.78, 5) is 28.8. The lowest BCUT2D eigenvalue weighted by molar-refractivity contribution is -0.117. The molecule has 0 spiro atoms. The fourth-order valence-electron chi connectivity index (χ4n) is 4.21. The molecule has 176 valence electrons. The van der Waals surface area contributed by atoms with Crippen molar-refractivity contribution in [1.29, 1.82) is 0 Å². The summed E-state index contributed by atoms with van der Waals surface area (Å²) in [7, 11) is -3.72. The number of amides is 1. The van der Waals surface area contributed by atoms with Crippen LogP contribution >= 0.6 is 0 Å². The zero-order chi connectivity index (χ0) is 23.6. The Hall–Kier alpha value is -2.98. The van der Waals surface area contributed by atoms with Gasteiger partial charge in [0.15, 0.2) is 5.58 Å². The van der Waals surface area contributed by atoms with Crippen LogP contribution in [-0.4, -0.2) is 41.3 Å². The number of nitrogens with zero attached hydrogens (tertiary/aromatic N) is 3. The number of carbonyl (C=O) groups excluding carboxylic acids is 1. The van der Waals surface area contributed by atoms with E-state index in [0.717, 1.165) is 12.1 Å². The first-order valence-corrected chi connectivity index (χ1v) is 12.6. The minimum atomic E-state index is -3.72. The Kier molecular flexibility index (Phi) is 6.66. The van der Waals surface area contributed by atoms with Gasteiger partial charge in [-0.2, -0.15) is 4.31 Å². The van der Waals surface area contributed by atoms with Crippen LogP contribution in [0.15, 0.2) is 50.5 Å². The Labute approximate surface area is 192 Å². The number of aryl methyl sites for hydroxylation is 2. The summed E-state index contributed by atoms with van der Waals surface area (Å²) in [6, 6.07) is 10.0. The molecule has 1 saturated heterocycles. The molecule has 3 aromatic rings. The van der Waals surface area contributed by atoms with E-state index in [0.29, 0.717) is 50.2 Å². The fourth-order valence-corrected chi connectivity index (χ4v) is 5.70. The molecule has 0 saturated carbocycles. The molecule has 10 heteroatoms. The molecule has 33 heavy (non-hydrogen) atoms. The number of pyridine rings is 1. The van der Waals surface area contributed by atoms with Crippen molar-refractivity contribution in [1.82, 2.24) is 13.9 Å². The molecule has 1 fully saturated rings. The maximum atomic E-state index is 13.2. The van der Waals surface area contributed by atoms with Crippen LogP contribution in [0.25, 0.3) is 11.1 Å². The second kappa shape index (κ2) is 9.48. The molecule has 0 aliphatic carbocycles. The molecule has 3 heterocycles. The van der Waals surface area contributed by atoms with Gasteiger partial charge in [-0.25, -0.2) is 18.2 Å². The number of anilines is 1. The first-order chi connectivity index (χ1) is 15.8. The predicted octanol–water partition coefficient (Wildman–Crippen LogP) is 3.14. The Morgan fingerprint density at radius 2 is 1.97 bits per heavy atom. The Morgan fingerprint density at radius 1 is 1.21 bits per heavy atom. The number of benzene rings is 1. The number of hydrogen-bond donors (Lipinski definition) is 1.